The van der Waals surface area contributed by atoms with Gasteiger partial charge in [0.05, 0.1) is 22.9 Å². The zero-order valence-electron chi connectivity index (χ0n) is 27.7. The van der Waals surface area contributed by atoms with Crippen molar-refractivity contribution in [1.82, 2.24) is 24.5 Å². The monoisotopic (exact) mass is 665 g/mol. The van der Waals surface area contributed by atoms with Crippen molar-refractivity contribution in [3.8, 4) is 39.9 Å². The average molecular weight is 666 g/mol. The first kappa shape index (κ1) is 28.6. The molecular formula is C46H27N5O. The van der Waals surface area contributed by atoms with E-state index in [9.17, 15) is 0 Å². The Bertz CT molecular complexity index is 3160. The van der Waals surface area contributed by atoms with E-state index in [4.69, 9.17) is 19.4 Å². The van der Waals surface area contributed by atoms with Crippen molar-refractivity contribution in [1.29, 1.82) is 0 Å². The number of nitrogens with zero attached hydrogens (tertiary/aromatic N) is 5. The fourth-order valence-electron chi connectivity index (χ4n) is 7.79. The van der Waals surface area contributed by atoms with E-state index in [-0.39, 0.29) is 0 Å². The number of benzene rings is 7. The van der Waals surface area contributed by atoms with Crippen molar-refractivity contribution >= 4 is 65.3 Å². The molecule has 0 aliphatic heterocycles. The highest BCUT2D eigenvalue weighted by Gasteiger charge is 2.21. The number of furan rings is 1. The van der Waals surface area contributed by atoms with Gasteiger partial charge in [-0.15, -0.1) is 0 Å². The molecule has 0 atom stereocenters. The Kier molecular flexibility index (Phi) is 6.15. The molecule has 0 radical (unpaired) electrons. The van der Waals surface area contributed by atoms with Crippen molar-refractivity contribution < 1.29 is 4.42 Å². The number of pyridine rings is 1. The lowest BCUT2D eigenvalue weighted by Crippen LogP contribution is -2.03. The highest BCUT2D eigenvalue weighted by Crippen LogP contribution is 2.39. The SMILES string of the molecule is c1ccc(-n2c3ccccc3c3ccccc32)c(-c2nc(-c3ccc4ccc5ccccc5c4c3)nc(-c3cccc4oc5cnccc5c34)n2)c1. The molecule has 0 unspecified atom stereocenters. The van der Waals surface area contributed by atoms with Crippen LogP contribution >= 0.6 is 0 Å². The molecule has 0 saturated carbocycles. The molecule has 242 valence electrons. The van der Waals surface area contributed by atoms with E-state index in [1.807, 2.05) is 18.2 Å². The van der Waals surface area contributed by atoms with Crippen molar-refractivity contribution in [2.45, 2.75) is 0 Å². The standard InChI is InChI=1S/C46H27N5O/c1-2-11-31-28(10-1)20-21-29-22-23-30(26-37(29)31)44-48-45(50-46(49-44)36-15-9-19-41-43(36)35-24-25-47-27-42(35)52-41)34-14-5-8-18-40(34)51-38-16-6-3-12-32(38)33-13-4-7-17-39(33)51/h1-27H. The fraction of sp³-hybridized carbons (Fsp3) is 0. The highest BCUT2D eigenvalue weighted by atomic mass is 16.3. The molecule has 0 fully saturated rings. The summed E-state index contributed by atoms with van der Waals surface area (Å²) in [4.78, 5) is 20.1. The van der Waals surface area contributed by atoms with Crippen molar-refractivity contribution in [3.63, 3.8) is 0 Å². The van der Waals surface area contributed by atoms with Crippen LogP contribution in [0.1, 0.15) is 0 Å². The first-order chi connectivity index (χ1) is 25.8. The molecule has 0 N–H and O–H groups in total. The largest absolute Gasteiger partial charge is 0.454 e. The zero-order chi connectivity index (χ0) is 34.2. The molecule has 6 heteroatoms. The van der Waals surface area contributed by atoms with Gasteiger partial charge in [-0.3, -0.25) is 4.98 Å². The summed E-state index contributed by atoms with van der Waals surface area (Å²) in [7, 11) is 0. The summed E-state index contributed by atoms with van der Waals surface area (Å²) in [6.45, 7) is 0. The third-order valence-electron chi connectivity index (χ3n) is 10.1. The third kappa shape index (κ3) is 4.31. The summed E-state index contributed by atoms with van der Waals surface area (Å²) in [6, 6.07) is 52.8. The number of fused-ring (bicyclic) bond motifs is 9. The summed E-state index contributed by atoms with van der Waals surface area (Å²) >= 11 is 0. The van der Waals surface area contributed by atoms with Crippen LogP contribution in [-0.2, 0) is 0 Å². The van der Waals surface area contributed by atoms with Gasteiger partial charge in [-0.2, -0.15) is 0 Å². The summed E-state index contributed by atoms with van der Waals surface area (Å²) in [5, 5.41) is 9.00. The smallest absolute Gasteiger partial charge is 0.166 e. The Morgan fingerprint density at radius 2 is 1.08 bits per heavy atom. The van der Waals surface area contributed by atoms with Gasteiger partial charge in [-0.05, 0) is 64.0 Å². The molecule has 0 amide bonds. The van der Waals surface area contributed by atoms with E-state index in [0.29, 0.717) is 17.5 Å². The molecule has 0 aliphatic rings. The maximum Gasteiger partial charge on any atom is 0.166 e. The van der Waals surface area contributed by atoms with Gasteiger partial charge in [-0.1, -0.05) is 109 Å². The Morgan fingerprint density at radius 1 is 0.442 bits per heavy atom. The van der Waals surface area contributed by atoms with Gasteiger partial charge >= 0.3 is 0 Å². The van der Waals surface area contributed by atoms with Crippen LogP contribution in [0.25, 0.3) is 105 Å². The maximum atomic E-state index is 6.25. The predicted molar refractivity (Wildman–Crippen MR) is 211 cm³/mol. The minimum atomic E-state index is 0.570. The molecule has 11 rings (SSSR count). The quantitative estimate of drug-likeness (QED) is 0.175. The second-order valence-electron chi connectivity index (χ2n) is 13.1. The van der Waals surface area contributed by atoms with Gasteiger partial charge in [0, 0.05) is 44.4 Å². The van der Waals surface area contributed by atoms with E-state index in [2.05, 4.69) is 143 Å². The Balaban J connectivity index is 1.21. The summed E-state index contributed by atoms with van der Waals surface area (Å²) in [5.41, 5.74) is 7.39. The average Bonchev–Trinajstić information content (AvgIpc) is 3.76. The lowest BCUT2D eigenvalue weighted by molar-refractivity contribution is 0.667. The Labute approximate surface area is 297 Å². The van der Waals surface area contributed by atoms with Gasteiger partial charge in [0.2, 0.25) is 0 Å². The lowest BCUT2D eigenvalue weighted by atomic mass is 9.99. The number of rotatable bonds is 4. The van der Waals surface area contributed by atoms with E-state index in [1.165, 1.54) is 21.5 Å². The molecule has 11 aromatic rings. The Hall–Kier alpha value is -7.18. The van der Waals surface area contributed by atoms with Crippen LogP contribution in [0, 0.1) is 0 Å². The molecule has 4 aromatic heterocycles. The van der Waals surface area contributed by atoms with Crippen LogP contribution in [-0.4, -0.2) is 24.5 Å². The van der Waals surface area contributed by atoms with Gasteiger partial charge in [0.25, 0.3) is 0 Å². The predicted octanol–water partition coefficient (Wildman–Crippen LogP) is 11.6. The summed E-state index contributed by atoms with van der Waals surface area (Å²) in [6.07, 6.45) is 3.55. The molecule has 0 bridgehead atoms. The Morgan fingerprint density at radius 3 is 1.90 bits per heavy atom. The number of aromatic nitrogens is 5. The maximum absolute atomic E-state index is 6.25. The first-order valence-corrected chi connectivity index (χ1v) is 17.3. The normalized spacial score (nSPS) is 11.8. The molecule has 6 nitrogen and oxygen atoms in total. The zero-order valence-corrected chi connectivity index (χ0v) is 27.7. The minimum Gasteiger partial charge on any atom is -0.454 e. The molecule has 0 spiro atoms. The van der Waals surface area contributed by atoms with Crippen LogP contribution in [0.2, 0.25) is 0 Å². The number of hydrogen-bond donors (Lipinski definition) is 0. The van der Waals surface area contributed by atoms with Gasteiger partial charge in [0.1, 0.15) is 5.58 Å². The van der Waals surface area contributed by atoms with E-state index < -0.39 is 0 Å². The molecule has 0 saturated heterocycles. The molecular weight excluding hydrogens is 639 g/mol. The van der Waals surface area contributed by atoms with Crippen molar-refractivity contribution in [3.05, 3.63) is 164 Å². The topological polar surface area (TPSA) is 69.6 Å². The summed E-state index contributed by atoms with van der Waals surface area (Å²) in [5.74, 6) is 1.75. The fourth-order valence-corrected chi connectivity index (χ4v) is 7.79. The van der Waals surface area contributed by atoms with Crippen molar-refractivity contribution in [2.75, 3.05) is 0 Å². The minimum absolute atomic E-state index is 0.570. The van der Waals surface area contributed by atoms with Gasteiger partial charge in [0.15, 0.2) is 23.1 Å². The summed E-state index contributed by atoms with van der Waals surface area (Å²) < 4.78 is 8.57. The van der Waals surface area contributed by atoms with Crippen LogP contribution in [0.3, 0.4) is 0 Å². The second-order valence-corrected chi connectivity index (χ2v) is 13.1. The van der Waals surface area contributed by atoms with Crippen LogP contribution in [0.5, 0.6) is 0 Å². The number of hydrogen-bond acceptors (Lipinski definition) is 5. The molecule has 4 heterocycles. The third-order valence-corrected chi connectivity index (χ3v) is 10.1. The molecule has 0 aliphatic carbocycles. The van der Waals surface area contributed by atoms with Crippen LogP contribution in [0.15, 0.2) is 168 Å². The van der Waals surface area contributed by atoms with Crippen LogP contribution < -0.4 is 0 Å². The van der Waals surface area contributed by atoms with E-state index in [0.717, 1.165) is 66.1 Å². The van der Waals surface area contributed by atoms with Gasteiger partial charge in [-0.25, -0.2) is 15.0 Å². The highest BCUT2D eigenvalue weighted by molar-refractivity contribution is 6.12. The van der Waals surface area contributed by atoms with Gasteiger partial charge < -0.3 is 8.98 Å². The lowest BCUT2D eigenvalue weighted by Gasteiger charge is -2.15. The molecule has 52 heavy (non-hydrogen) atoms. The molecule has 7 aromatic carbocycles. The number of para-hydroxylation sites is 3. The van der Waals surface area contributed by atoms with Crippen molar-refractivity contribution in [2.24, 2.45) is 0 Å². The second kappa shape index (κ2) is 11.2. The van der Waals surface area contributed by atoms with E-state index in [1.54, 1.807) is 12.4 Å². The van der Waals surface area contributed by atoms with Crippen LogP contribution in [0.4, 0.5) is 0 Å². The first-order valence-electron chi connectivity index (χ1n) is 17.3. The van der Waals surface area contributed by atoms with E-state index >= 15 is 0 Å².